The fourth-order valence-electron chi connectivity index (χ4n) is 1.45. The summed E-state index contributed by atoms with van der Waals surface area (Å²) in [6.45, 7) is 3.09. The van der Waals surface area contributed by atoms with E-state index in [2.05, 4.69) is 5.32 Å². The van der Waals surface area contributed by atoms with Gasteiger partial charge in [0.25, 0.3) is 0 Å². The summed E-state index contributed by atoms with van der Waals surface area (Å²) in [6, 6.07) is 9.64. The number of carbonyl (C=O) groups excluding carboxylic acids is 1. The average molecular weight is 243 g/mol. The minimum absolute atomic E-state index is 0. The van der Waals surface area contributed by atoms with Crippen molar-refractivity contribution in [3.8, 4) is 0 Å². The van der Waals surface area contributed by atoms with Crippen LogP contribution in [0.5, 0.6) is 0 Å². The van der Waals surface area contributed by atoms with Crippen LogP contribution < -0.4 is 11.1 Å². The van der Waals surface area contributed by atoms with E-state index in [9.17, 15) is 4.79 Å². The lowest BCUT2D eigenvalue weighted by Crippen LogP contribution is -2.33. The van der Waals surface area contributed by atoms with E-state index in [1.54, 1.807) is 0 Å². The van der Waals surface area contributed by atoms with Gasteiger partial charge in [-0.15, -0.1) is 12.4 Å². The van der Waals surface area contributed by atoms with Gasteiger partial charge in [-0.1, -0.05) is 37.3 Å². The molecule has 0 saturated heterocycles. The SMILES string of the molecule is CCCNC(=O)C(CN)c1ccccc1.Cl. The highest BCUT2D eigenvalue weighted by Gasteiger charge is 2.17. The van der Waals surface area contributed by atoms with Gasteiger partial charge in [0.2, 0.25) is 5.91 Å². The minimum Gasteiger partial charge on any atom is -0.356 e. The van der Waals surface area contributed by atoms with E-state index >= 15 is 0 Å². The van der Waals surface area contributed by atoms with E-state index in [1.807, 2.05) is 37.3 Å². The van der Waals surface area contributed by atoms with Crippen LogP contribution in [0.2, 0.25) is 0 Å². The first-order valence-corrected chi connectivity index (χ1v) is 5.32. The Morgan fingerprint density at radius 3 is 2.50 bits per heavy atom. The van der Waals surface area contributed by atoms with Crippen molar-refractivity contribution < 1.29 is 4.79 Å². The third-order valence-electron chi connectivity index (χ3n) is 2.30. The molecule has 1 aromatic rings. The Balaban J connectivity index is 0.00000225. The van der Waals surface area contributed by atoms with Gasteiger partial charge >= 0.3 is 0 Å². The molecule has 1 rings (SSSR count). The molecule has 0 fully saturated rings. The van der Waals surface area contributed by atoms with Gasteiger partial charge in [-0.3, -0.25) is 4.79 Å². The lowest BCUT2D eigenvalue weighted by Gasteiger charge is -2.14. The molecule has 0 aromatic heterocycles. The first-order chi connectivity index (χ1) is 7.29. The highest BCUT2D eigenvalue weighted by molar-refractivity contribution is 5.85. The van der Waals surface area contributed by atoms with Crippen molar-refractivity contribution in [1.29, 1.82) is 0 Å². The first kappa shape index (κ1) is 14.9. The third kappa shape index (κ3) is 4.21. The largest absolute Gasteiger partial charge is 0.356 e. The Morgan fingerprint density at radius 2 is 2.00 bits per heavy atom. The van der Waals surface area contributed by atoms with Crippen LogP contribution in [0.4, 0.5) is 0 Å². The van der Waals surface area contributed by atoms with Crippen molar-refractivity contribution in [3.05, 3.63) is 35.9 Å². The van der Waals surface area contributed by atoms with E-state index in [0.29, 0.717) is 13.1 Å². The van der Waals surface area contributed by atoms with Crippen molar-refractivity contribution in [1.82, 2.24) is 5.32 Å². The molecule has 0 bridgehead atoms. The van der Waals surface area contributed by atoms with Crippen LogP contribution in [0, 0.1) is 0 Å². The number of halogens is 1. The summed E-state index contributed by atoms with van der Waals surface area (Å²) in [4.78, 5) is 11.7. The molecule has 90 valence electrons. The van der Waals surface area contributed by atoms with Crippen molar-refractivity contribution in [2.45, 2.75) is 19.3 Å². The minimum atomic E-state index is -0.224. The molecule has 3 nitrogen and oxygen atoms in total. The van der Waals surface area contributed by atoms with Crippen LogP contribution in [-0.2, 0) is 4.79 Å². The molecule has 1 aromatic carbocycles. The first-order valence-electron chi connectivity index (χ1n) is 5.32. The highest BCUT2D eigenvalue weighted by atomic mass is 35.5. The standard InChI is InChI=1S/C12H18N2O.ClH/c1-2-8-14-12(15)11(9-13)10-6-4-3-5-7-10;/h3-7,11H,2,8-9,13H2,1H3,(H,14,15);1H. The van der Waals surface area contributed by atoms with Crippen LogP contribution in [-0.4, -0.2) is 19.0 Å². The summed E-state index contributed by atoms with van der Waals surface area (Å²) in [5, 5.41) is 2.86. The lowest BCUT2D eigenvalue weighted by molar-refractivity contribution is -0.122. The molecule has 0 radical (unpaired) electrons. The Hall–Kier alpha value is -1.06. The van der Waals surface area contributed by atoms with Gasteiger partial charge in [0.15, 0.2) is 0 Å². The molecule has 16 heavy (non-hydrogen) atoms. The maximum atomic E-state index is 11.7. The van der Waals surface area contributed by atoms with Crippen LogP contribution >= 0.6 is 12.4 Å². The molecule has 0 heterocycles. The molecule has 4 heteroatoms. The van der Waals surface area contributed by atoms with Crippen LogP contribution in [0.15, 0.2) is 30.3 Å². The lowest BCUT2D eigenvalue weighted by atomic mass is 9.98. The van der Waals surface area contributed by atoms with Gasteiger partial charge in [-0.25, -0.2) is 0 Å². The molecule has 1 unspecified atom stereocenters. The summed E-state index contributed by atoms with van der Waals surface area (Å²) in [6.07, 6.45) is 0.942. The predicted octanol–water partition coefficient (Wildman–Crippen LogP) is 1.68. The molecule has 0 saturated carbocycles. The van der Waals surface area contributed by atoms with Gasteiger partial charge in [0.05, 0.1) is 5.92 Å². The van der Waals surface area contributed by atoms with Gasteiger partial charge in [0.1, 0.15) is 0 Å². The number of hydrogen-bond acceptors (Lipinski definition) is 2. The predicted molar refractivity (Wildman–Crippen MR) is 68.8 cm³/mol. The van der Waals surface area contributed by atoms with Gasteiger partial charge < -0.3 is 11.1 Å². The van der Waals surface area contributed by atoms with Crippen LogP contribution in [0.1, 0.15) is 24.8 Å². The highest BCUT2D eigenvalue weighted by Crippen LogP contribution is 2.13. The number of nitrogens with two attached hydrogens (primary N) is 1. The maximum absolute atomic E-state index is 11.7. The summed E-state index contributed by atoms with van der Waals surface area (Å²) in [7, 11) is 0. The number of carbonyl (C=O) groups is 1. The Bertz CT molecular complexity index is 303. The second kappa shape index (κ2) is 8.13. The zero-order valence-corrected chi connectivity index (χ0v) is 10.3. The fourth-order valence-corrected chi connectivity index (χ4v) is 1.45. The summed E-state index contributed by atoms with van der Waals surface area (Å²) >= 11 is 0. The average Bonchev–Trinajstić information content (AvgIpc) is 2.29. The number of hydrogen-bond donors (Lipinski definition) is 2. The fraction of sp³-hybridized carbons (Fsp3) is 0.417. The van der Waals surface area contributed by atoms with Crippen molar-refractivity contribution in [3.63, 3.8) is 0 Å². The molecular formula is C12H19ClN2O. The molecular weight excluding hydrogens is 224 g/mol. The maximum Gasteiger partial charge on any atom is 0.228 e. The van der Waals surface area contributed by atoms with E-state index < -0.39 is 0 Å². The second-order valence-electron chi connectivity index (χ2n) is 3.49. The molecule has 0 aliphatic heterocycles. The number of nitrogens with one attached hydrogen (secondary N) is 1. The van der Waals surface area contributed by atoms with E-state index in [1.165, 1.54) is 0 Å². The van der Waals surface area contributed by atoms with E-state index in [0.717, 1.165) is 12.0 Å². The van der Waals surface area contributed by atoms with E-state index in [-0.39, 0.29) is 24.2 Å². The summed E-state index contributed by atoms with van der Waals surface area (Å²) < 4.78 is 0. The molecule has 0 aliphatic carbocycles. The van der Waals surface area contributed by atoms with Gasteiger partial charge in [-0.2, -0.15) is 0 Å². The van der Waals surface area contributed by atoms with Crippen LogP contribution in [0.3, 0.4) is 0 Å². The molecule has 1 atom stereocenters. The van der Waals surface area contributed by atoms with Crippen molar-refractivity contribution in [2.75, 3.05) is 13.1 Å². The Morgan fingerprint density at radius 1 is 1.38 bits per heavy atom. The molecule has 1 amide bonds. The quantitative estimate of drug-likeness (QED) is 0.826. The monoisotopic (exact) mass is 242 g/mol. The van der Waals surface area contributed by atoms with Gasteiger partial charge in [-0.05, 0) is 12.0 Å². The smallest absolute Gasteiger partial charge is 0.228 e. The van der Waals surface area contributed by atoms with Crippen LogP contribution in [0.25, 0.3) is 0 Å². The van der Waals surface area contributed by atoms with Crippen molar-refractivity contribution >= 4 is 18.3 Å². The summed E-state index contributed by atoms with van der Waals surface area (Å²) in [5.74, 6) is -0.205. The zero-order chi connectivity index (χ0) is 11.1. The zero-order valence-electron chi connectivity index (χ0n) is 9.48. The second-order valence-corrected chi connectivity index (χ2v) is 3.49. The van der Waals surface area contributed by atoms with Crippen molar-refractivity contribution in [2.24, 2.45) is 5.73 Å². The Labute approximate surface area is 103 Å². The third-order valence-corrected chi connectivity index (χ3v) is 2.30. The van der Waals surface area contributed by atoms with E-state index in [4.69, 9.17) is 5.73 Å². The molecule has 0 spiro atoms. The Kier molecular flexibility index (Phi) is 7.60. The number of benzene rings is 1. The number of amides is 1. The molecule has 0 aliphatic rings. The molecule has 3 N–H and O–H groups in total. The topological polar surface area (TPSA) is 55.1 Å². The number of rotatable bonds is 5. The van der Waals surface area contributed by atoms with Gasteiger partial charge in [0, 0.05) is 13.1 Å². The normalized spacial score (nSPS) is 11.4. The summed E-state index contributed by atoms with van der Waals surface area (Å²) in [5.41, 5.74) is 6.60.